The number of anilines is 1. The van der Waals surface area contributed by atoms with E-state index in [9.17, 15) is 14.9 Å². The normalized spacial score (nSPS) is 16.4. The number of hydrogen-bond acceptors (Lipinski definition) is 5. The Bertz CT molecular complexity index is 859. The van der Waals surface area contributed by atoms with Crippen molar-refractivity contribution in [1.29, 1.82) is 0 Å². The Morgan fingerprint density at radius 2 is 2.08 bits per heavy atom. The van der Waals surface area contributed by atoms with E-state index in [4.69, 9.17) is 27.9 Å². The fourth-order valence-electron chi connectivity index (χ4n) is 2.53. The summed E-state index contributed by atoms with van der Waals surface area (Å²) in [6, 6.07) is 7.63. The molecule has 25 heavy (non-hydrogen) atoms. The van der Waals surface area contributed by atoms with E-state index in [0.717, 1.165) is 0 Å². The fourth-order valence-corrected chi connectivity index (χ4v) is 2.99. The van der Waals surface area contributed by atoms with Crippen LogP contribution in [0.25, 0.3) is 0 Å². The minimum absolute atomic E-state index is 0.106. The molecule has 0 spiro atoms. The van der Waals surface area contributed by atoms with Crippen LogP contribution in [0.2, 0.25) is 10.0 Å². The number of pyridine rings is 1. The number of ether oxygens (including phenoxy) is 1. The summed E-state index contributed by atoms with van der Waals surface area (Å²) in [5.74, 6) is -0.261. The predicted molar refractivity (Wildman–Crippen MR) is 93.3 cm³/mol. The van der Waals surface area contributed by atoms with Gasteiger partial charge in [-0.05, 0) is 40.1 Å². The minimum atomic E-state index is -0.679. The van der Waals surface area contributed by atoms with Gasteiger partial charge in [-0.2, -0.15) is 0 Å². The first-order valence-corrected chi connectivity index (χ1v) is 8.23. The van der Waals surface area contributed by atoms with Crippen LogP contribution in [0.15, 0.2) is 30.3 Å². The molecule has 2 heterocycles. The number of amides is 1. The lowest BCUT2D eigenvalue weighted by Gasteiger charge is -2.30. The number of hydrogen-bond donors (Lipinski definition) is 0. The second-order valence-electron chi connectivity index (χ2n) is 5.42. The zero-order valence-electron chi connectivity index (χ0n) is 13.1. The van der Waals surface area contributed by atoms with Gasteiger partial charge in [0.1, 0.15) is 0 Å². The van der Waals surface area contributed by atoms with Crippen molar-refractivity contribution in [3.05, 3.63) is 56.1 Å². The number of carbonyl (C=O) groups is 1. The first kappa shape index (κ1) is 17.4. The number of carbonyl (C=O) groups excluding carboxylic acids is 1. The number of rotatable bonds is 4. The van der Waals surface area contributed by atoms with Crippen LogP contribution in [0.5, 0.6) is 5.75 Å². The summed E-state index contributed by atoms with van der Waals surface area (Å²) in [5, 5.41) is 11.9. The molecule has 1 aliphatic heterocycles. The Kier molecular flexibility index (Phi) is 4.78. The smallest absolute Gasteiger partial charge is 0.366 e. The van der Waals surface area contributed by atoms with E-state index in [1.54, 1.807) is 18.2 Å². The topological polar surface area (TPSA) is 85.6 Å². The molecule has 0 saturated carbocycles. The molecule has 0 bridgehead atoms. The summed E-state index contributed by atoms with van der Waals surface area (Å²) in [4.78, 5) is 28.4. The highest BCUT2D eigenvalue weighted by Crippen LogP contribution is 2.36. The number of nitro groups is 1. The van der Waals surface area contributed by atoms with Crippen molar-refractivity contribution in [2.24, 2.45) is 0 Å². The first-order chi connectivity index (χ1) is 11.9. The van der Waals surface area contributed by atoms with Crippen molar-refractivity contribution in [2.75, 3.05) is 4.90 Å². The van der Waals surface area contributed by atoms with Gasteiger partial charge >= 0.3 is 5.82 Å². The second kappa shape index (κ2) is 6.85. The van der Waals surface area contributed by atoms with Crippen molar-refractivity contribution >= 4 is 40.7 Å². The third-order valence-electron chi connectivity index (χ3n) is 3.79. The molecule has 0 radical (unpaired) electrons. The lowest BCUT2D eigenvalue weighted by molar-refractivity contribution is -0.389. The number of benzene rings is 1. The SMILES string of the molecule is CCC1Oc2ccc([N+](=O)[O-])nc2N(Cc2ccc(Cl)cc2Cl)C1=O. The molecule has 0 fully saturated rings. The molecule has 9 heteroatoms. The molecule has 1 aromatic heterocycles. The van der Waals surface area contributed by atoms with Gasteiger partial charge in [0.2, 0.25) is 0 Å². The van der Waals surface area contributed by atoms with Gasteiger partial charge in [-0.25, -0.2) is 0 Å². The zero-order valence-corrected chi connectivity index (χ0v) is 14.6. The molecule has 3 rings (SSSR count). The van der Waals surface area contributed by atoms with Crippen molar-refractivity contribution in [3.63, 3.8) is 0 Å². The Balaban J connectivity index is 2.05. The summed E-state index contributed by atoms with van der Waals surface area (Å²) in [6.45, 7) is 1.93. The molecular weight excluding hydrogens is 369 g/mol. The van der Waals surface area contributed by atoms with Crippen molar-refractivity contribution in [2.45, 2.75) is 26.0 Å². The number of aromatic nitrogens is 1. The van der Waals surface area contributed by atoms with Crippen LogP contribution < -0.4 is 9.64 Å². The van der Waals surface area contributed by atoms with Crippen LogP contribution in [0.1, 0.15) is 18.9 Å². The second-order valence-corrected chi connectivity index (χ2v) is 6.27. The maximum atomic E-state index is 12.7. The molecule has 7 nitrogen and oxygen atoms in total. The maximum Gasteiger partial charge on any atom is 0.366 e. The van der Waals surface area contributed by atoms with Gasteiger partial charge in [0.25, 0.3) is 11.7 Å². The average Bonchev–Trinajstić information content (AvgIpc) is 2.58. The number of fused-ring (bicyclic) bond motifs is 1. The van der Waals surface area contributed by atoms with Crippen LogP contribution in [-0.2, 0) is 11.3 Å². The van der Waals surface area contributed by atoms with Gasteiger partial charge in [-0.3, -0.25) is 9.69 Å². The van der Waals surface area contributed by atoms with E-state index >= 15 is 0 Å². The molecule has 1 amide bonds. The van der Waals surface area contributed by atoms with Crippen LogP contribution in [0, 0.1) is 10.1 Å². The van der Waals surface area contributed by atoms with E-state index in [2.05, 4.69) is 4.98 Å². The fraction of sp³-hybridized carbons (Fsp3) is 0.250. The first-order valence-electron chi connectivity index (χ1n) is 7.48. The quantitative estimate of drug-likeness (QED) is 0.589. The highest BCUT2D eigenvalue weighted by atomic mass is 35.5. The molecule has 0 N–H and O–H groups in total. The highest BCUT2D eigenvalue weighted by molar-refractivity contribution is 6.35. The lowest BCUT2D eigenvalue weighted by Crippen LogP contribution is -2.45. The third kappa shape index (κ3) is 3.38. The van der Waals surface area contributed by atoms with Gasteiger partial charge in [0.05, 0.1) is 6.54 Å². The molecule has 130 valence electrons. The average molecular weight is 382 g/mol. The van der Waals surface area contributed by atoms with Gasteiger partial charge in [0, 0.05) is 16.1 Å². The van der Waals surface area contributed by atoms with Gasteiger partial charge in [-0.15, -0.1) is 0 Å². The summed E-state index contributed by atoms with van der Waals surface area (Å²) in [7, 11) is 0. The van der Waals surface area contributed by atoms with E-state index in [0.29, 0.717) is 27.8 Å². The van der Waals surface area contributed by atoms with Gasteiger partial charge < -0.3 is 14.9 Å². The molecule has 1 unspecified atom stereocenters. The largest absolute Gasteiger partial charge is 0.474 e. The third-order valence-corrected chi connectivity index (χ3v) is 4.38. The number of halogens is 2. The van der Waals surface area contributed by atoms with Crippen molar-refractivity contribution in [1.82, 2.24) is 4.98 Å². The molecule has 0 saturated heterocycles. The monoisotopic (exact) mass is 381 g/mol. The van der Waals surface area contributed by atoms with Crippen molar-refractivity contribution in [3.8, 4) is 5.75 Å². The Hall–Kier alpha value is -2.38. The Morgan fingerprint density at radius 1 is 1.32 bits per heavy atom. The Labute approximate surface area is 153 Å². The number of nitrogens with zero attached hydrogens (tertiary/aromatic N) is 3. The minimum Gasteiger partial charge on any atom is -0.474 e. The van der Waals surface area contributed by atoms with Gasteiger partial charge in [0.15, 0.2) is 11.9 Å². The zero-order chi connectivity index (χ0) is 18.1. The maximum absolute atomic E-state index is 12.7. The standard InChI is InChI=1S/C16H13Cl2N3O4/c1-2-12-16(22)20(8-9-3-4-10(17)7-11(9)18)15-13(25-12)5-6-14(19-15)21(23)24/h3-7,12H,2,8H2,1H3. The summed E-state index contributed by atoms with van der Waals surface area (Å²) >= 11 is 12.1. The van der Waals surface area contributed by atoms with Crippen LogP contribution in [0.4, 0.5) is 11.6 Å². The highest BCUT2D eigenvalue weighted by Gasteiger charge is 2.38. The molecule has 1 atom stereocenters. The summed E-state index contributed by atoms with van der Waals surface area (Å²) in [6.07, 6.45) is -0.220. The summed E-state index contributed by atoms with van der Waals surface area (Å²) in [5.41, 5.74) is 0.649. The van der Waals surface area contributed by atoms with Gasteiger partial charge in [-0.1, -0.05) is 36.2 Å². The van der Waals surface area contributed by atoms with E-state index in [-0.39, 0.29) is 24.1 Å². The lowest BCUT2D eigenvalue weighted by atomic mass is 10.1. The molecule has 1 aromatic carbocycles. The van der Waals surface area contributed by atoms with E-state index < -0.39 is 11.0 Å². The molecule has 2 aromatic rings. The molecular formula is C16H13Cl2N3O4. The summed E-state index contributed by atoms with van der Waals surface area (Å²) < 4.78 is 5.61. The van der Waals surface area contributed by atoms with Crippen LogP contribution >= 0.6 is 23.2 Å². The van der Waals surface area contributed by atoms with E-state index in [1.807, 2.05) is 6.92 Å². The molecule has 1 aliphatic rings. The predicted octanol–water partition coefficient (Wildman–Crippen LogP) is 4.00. The van der Waals surface area contributed by atoms with Crippen LogP contribution in [-0.4, -0.2) is 21.9 Å². The van der Waals surface area contributed by atoms with E-state index in [1.165, 1.54) is 17.0 Å². The van der Waals surface area contributed by atoms with Crippen LogP contribution in [0.3, 0.4) is 0 Å². The Morgan fingerprint density at radius 3 is 2.72 bits per heavy atom. The molecule has 0 aliphatic carbocycles. The van der Waals surface area contributed by atoms with Crippen molar-refractivity contribution < 1.29 is 14.5 Å².